The minimum atomic E-state index is -3.74. The van der Waals surface area contributed by atoms with Crippen LogP contribution in [0.3, 0.4) is 0 Å². The predicted molar refractivity (Wildman–Crippen MR) is 98.2 cm³/mol. The van der Waals surface area contributed by atoms with Crippen molar-refractivity contribution in [3.05, 3.63) is 23.8 Å². The number of Topliss-reactive ketones (excluding diaryl/α,β-unsaturated/α-hetero) is 1. The Hall–Kier alpha value is -1.77. The van der Waals surface area contributed by atoms with E-state index in [9.17, 15) is 18.3 Å². The molecule has 0 radical (unpaired) electrons. The average Bonchev–Trinajstić information content (AvgIpc) is 3.18. The molecule has 1 aromatic carbocycles. The Morgan fingerprint density at radius 1 is 1.35 bits per heavy atom. The Labute approximate surface area is 153 Å². The third kappa shape index (κ3) is 2.59. The number of carbonyl (C=O) groups excluding carboxylic acids is 1. The van der Waals surface area contributed by atoms with E-state index in [1.807, 2.05) is 4.90 Å². The van der Waals surface area contributed by atoms with Gasteiger partial charge in [0.2, 0.25) is 15.8 Å². The summed E-state index contributed by atoms with van der Waals surface area (Å²) in [7, 11) is -3.74. The number of ketones is 1. The van der Waals surface area contributed by atoms with Crippen LogP contribution in [0.1, 0.15) is 37.0 Å². The zero-order chi connectivity index (χ0) is 18.7. The Kier molecular flexibility index (Phi) is 3.98. The van der Waals surface area contributed by atoms with E-state index in [1.165, 1.54) is 10.4 Å². The maximum atomic E-state index is 13.0. The maximum Gasteiger partial charge on any atom is 0.243 e. The second kappa shape index (κ2) is 5.87. The summed E-state index contributed by atoms with van der Waals surface area (Å²) >= 11 is 0. The lowest BCUT2D eigenvalue weighted by Gasteiger charge is -2.34. The summed E-state index contributed by atoms with van der Waals surface area (Å²) in [5.41, 5.74) is 1.07. The van der Waals surface area contributed by atoms with E-state index in [-0.39, 0.29) is 28.7 Å². The molecule has 7 nitrogen and oxygen atoms in total. The van der Waals surface area contributed by atoms with Gasteiger partial charge in [0, 0.05) is 31.1 Å². The van der Waals surface area contributed by atoms with Crippen LogP contribution < -0.4 is 4.90 Å². The quantitative estimate of drug-likeness (QED) is 0.857. The van der Waals surface area contributed by atoms with Gasteiger partial charge in [0.1, 0.15) is 0 Å². The fourth-order valence-corrected chi connectivity index (χ4v) is 5.69. The van der Waals surface area contributed by atoms with Crippen LogP contribution in [0.4, 0.5) is 5.69 Å². The number of sulfonamides is 1. The standard InChI is InChI=1S/C18H23N3O4S/c1-18(2)10-19-17-16(23)14-8-13(5-6-15(14)20(17)11-18)26(24,25)21-7-3-4-12(21)9-22/h5-6,8,12,22H,3-4,7,9-11H2,1-2H3/t12-/m0/s1. The average molecular weight is 377 g/mol. The molecule has 8 heteroatoms. The van der Waals surface area contributed by atoms with Crippen molar-refractivity contribution in [2.24, 2.45) is 10.4 Å². The maximum absolute atomic E-state index is 13.0. The first kappa shape index (κ1) is 17.6. The molecule has 0 saturated carbocycles. The first-order chi connectivity index (χ1) is 12.2. The highest BCUT2D eigenvalue weighted by atomic mass is 32.2. The number of hydrogen-bond acceptors (Lipinski definition) is 6. The molecule has 3 aliphatic rings. The van der Waals surface area contributed by atoms with Gasteiger partial charge in [-0.1, -0.05) is 13.8 Å². The molecule has 1 aromatic rings. The van der Waals surface area contributed by atoms with Crippen LogP contribution in [0.5, 0.6) is 0 Å². The van der Waals surface area contributed by atoms with E-state index in [2.05, 4.69) is 18.8 Å². The first-order valence-electron chi connectivity index (χ1n) is 8.88. The second-order valence-electron chi connectivity index (χ2n) is 7.99. The molecule has 0 spiro atoms. The summed E-state index contributed by atoms with van der Waals surface area (Å²) in [5.74, 6) is 0.191. The number of fused-ring (bicyclic) bond motifs is 3. The van der Waals surface area contributed by atoms with E-state index in [4.69, 9.17) is 0 Å². The lowest BCUT2D eigenvalue weighted by molar-refractivity contribution is 0.106. The number of rotatable bonds is 3. The summed E-state index contributed by atoms with van der Waals surface area (Å²) in [6.45, 7) is 5.65. The number of anilines is 1. The van der Waals surface area contributed by atoms with Crippen LogP contribution in [0, 0.1) is 5.41 Å². The Morgan fingerprint density at radius 2 is 2.12 bits per heavy atom. The summed E-state index contributed by atoms with van der Waals surface area (Å²) in [6, 6.07) is 4.33. The fraction of sp³-hybridized carbons (Fsp3) is 0.556. The Morgan fingerprint density at radius 3 is 2.85 bits per heavy atom. The van der Waals surface area contributed by atoms with E-state index >= 15 is 0 Å². The van der Waals surface area contributed by atoms with Gasteiger partial charge in [-0.05, 0) is 31.0 Å². The van der Waals surface area contributed by atoms with Crippen LogP contribution in [0.2, 0.25) is 0 Å². The van der Waals surface area contributed by atoms with Crippen molar-refractivity contribution in [3.8, 4) is 0 Å². The highest BCUT2D eigenvalue weighted by molar-refractivity contribution is 7.89. The number of hydrogen-bond donors (Lipinski definition) is 1. The number of carbonyl (C=O) groups is 1. The number of aliphatic imine (C=N–C) groups is 1. The van der Waals surface area contributed by atoms with Crippen molar-refractivity contribution in [2.75, 3.05) is 31.1 Å². The molecule has 0 aromatic heterocycles. The molecular weight excluding hydrogens is 354 g/mol. The molecule has 0 unspecified atom stereocenters. The minimum absolute atomic E-state index is 0.0416. The van der Waals surface area contributed by atoms with Crippen LogP contribution in [0.15, 0.2) is 28.1 Å². The van der Waals surface area contributed by atoms with Gasteiger partial charge in [-0.15, -0.1) is 0 Å². The molecule has 0 amide bonds. The molecule has 0 aliphatic carbocycles. The van der Waals surface area contributed by atoms with Crippen LogP contribution >= 0.6 is 0 Å². The molecule has 1 atom stereocenters. The van der Waals surface area contributed by atoms with Gasteiger partial charge in [-0.3, -0.25) is 9.79 Å². The van der Waals surface area contributed by atoms with Gasteiger partial charge >= 0.3 is 0 Å². The zero-order valence-corrected chi connectivity index (χ0v) is 15.8. The molecule has 1 fully saturated rings. The van der Waals surface area contributed by atoms with Crippen molar-refractivity contribution in [2.45, 2.75) is 37.6 Å². The second-order valence-corrected chi connectivity index (χ2v) is 9.88. The van der Waals surface area contributed by atoms with Crippen molar-refractivity contribution >= 4 is 27.3 Å². The molecule has 3 aliphatic heterocycles. The predicted octanol–water partition coefficient (Wildman–Crippen LogP) is 1.27. The molecular formula is C18H23N3O4S. The van der Waals surface area contributed by atoms with E-state index in [0.29, 0.717) is 37.5 Å². The summed E-state index contributed by atoms with van der Waals surface area (Å²) in [4.78, 5) is 19.2. The van der Waals surface area contributed by atoms with Crippen molar-refractivity contribution in [1.29, 1.82) is 0 Å². The largest absolute Gasteiger partial charge is 0.395 e. The number of benzene rings is 1. The van der Waals surface area contributed by atoms with Crippen molar-refractivity contribution < 1.29 is 18.3 Å². The topological polar surface area (TPSA) is 90.3 Å². The van der Waals surface area contributed by atoms with E-state index < -0.39 is 10.0 Å². The number of aliphatic hydroxyl groups is 1. The monoisotopic (exact) mass is 377 g/mol. The smallest absolute Gasteiger partial charge is 0.243 e. The van der Waals surface area contributed by atoms with Gasteiger partial charge < -0.3 is 10.0 Å². The van der Waals surface area contributed by atoms with E-state index in [0.717, 1.165) is 12.1 Å². The Balaban J connectivity index is 1.74. The SMILES string of the molecule is CC1(C)CN=C2C(=O)c3cc(S(=O)(=O)N4CCC[C@H]4CO)ccc3N2C1. The molecule has 1 saturated heterocycles. The normalized spacial score (nSPS) is 25.2. The third-order valence-electron chi connectivity index (χ3n) is 5.35. The van der Waals surface area contributed by atoms with Crippen LogP contribution in [-0.4, -0.2) is 61.7 Å². The number of nitrogens with zero attached hydrogens (tertiary/aromatic N) is 3. The van der Waals surface area contributed by atoms with Gasteiger partial charge in [-0.2, -0.15) is 4.31 Å². The summed E-state index contributed by atoms with van der Waals surface area (Å²) < 4.78 is 27.3. The highest BCUT2D eigenvalue weighted by Gasteiger charge is 2.41. The summed E-state index contributed by atoms with van der Waals surface area (Å²) in [6.07, 6.45) is 1.38. The first-order valence-corrected chi connectivity index (χ1v) is 10.3. The van der Waals surface area contributed by atoms with Gasteiger partial charge in [0.25, 0.3) is 0 Å². The number of amidine groups is 1. The van der Waals surface area contributed by atoms with Gasteiger partial charge in [0.15, 0.2) is 5.84 Å². The molecule has 1 N–H and O–H groups in total. The van der Waals surface area contributed by atoms with Crippen molar-refractivity contribution in [1.82, 2.24) is 4.31 Å². The molecule has 0 bridgehead atoms. The lowest BCUT2D eigenvalue weighted by Crippen LogP contribution is -2.44. The van der Waals surface area contributed by atoms with Crippen LogP contribution in [-0.2, 0) is 10.0 Å². The molecule has 26 heavy (non-hydrogen) atoms. The zero-order valence-electron chi connectivity index (χ0n) is 15.0. The lowest BCUT2D eigenvalue weighted by atomic mass is 9.91. The summed E-state index contributed by atoms with van der Waals surface area (Å²) in [5, 5.41) is 9.45. The van der Waals surface area contributed by atoms with Gasteiger partial charge in [-0.25, -0.2) is 8.42 Å². The minimum Gasteiger partial charge on any atom is -0.395 e. The third-order valence-corrected chi connectivity index (χ3v) is 7.29. The molecule has 140 valence electrons. The molecule has 4 rings (SSSR count). The molecule has 3 heterocycles. The van der Waals surface area contributed by atoms with E-state index in [1.54, 1.807) is 12.1 Å². The van der Waals surface area contributed by atoms with Crippen LogP contribution in [0.25, 0.3) is 0 Å². The Bertz CT molecular complexity index is 907. The fourth-order valence-electron chi connectivity index (χ4n) is 3.98. The number of aliphatic hydroxyl groups excluding tert-OH is 1. The van der Waals surface area contributed by atoms with Gasteiger partial charge in [0.05, 0.1) is 22.8 Å². The highest BCUT2D eigenvalue weighted by Crippen LogP contribution is 2.37. The van der Waals surface area contributed by atoms with Crippen molar-refractivity contribution in [3.63, 3.8) is 0 Å².